The molecule has 0 radical (unpaired) electrons. The van der Waals surface area contributed by atoms with Gasteiger partial charge in [-0.3, -0.25) is 9.59 Å². The van der Waals surface area contributed by atoms with Crippen molar-refractivity contribution in [3.05, 3.63) is 35.9 Å². The zero-order valence-corrected chi connectivity index (χ0v) is 12.3. The highest BCUT2D eigenvalue weighted by Crippen LogP contribution is 2.29. The minimum atomic E-state index is -0.0421. The molecular formula is C16H22N2O2. The highest BCUT2D eigenvalue weighted by Gasteiger charge is 2.35. The van der Waals surface area contributed by atoms with Gasteiger partial charge >= 0.3 is 0 Å². The first kappa shape index (κ1) is 14.6. The van der Waals surface area contributed by atoms with E-state index in [-0.39, 0.29) is 29.8 Å². The van der Waals surface area contributed by atoms with Crippen molar-refractivity contribution < 1.29 is 9.59 Å². The van der Waals surface area contributed by atoms with Crippen LogP contribution < -0.4 is 5.32 Å². The molecule has 0 aromatic heterocycles. The van der Waals surface area contributed by atoms with E-state index < -0.39 is 0 Å². The highest BCUT2D eigenvalue weighted by atomic mass is 16.2. The summed E-state index contributed by atoms with van der Waals surface area (Å²) in [5.74, 6) is 0.320. The number of nitrogens with one attached hydrogen (secondary N) is 1. The molecule has 1 N–H and O–H groups in total. The Labute approximate surface area is 120 Å². The van der Waals surface area contributed by atoms with Crippen LogP contribution in [0.3, 0.4) is 0 Å². The fraction of sp³-hybridized carbons (Fsp3) is 0.500. The van der Waals surface area contributed by atoms with Gasteiger partial charge in [0.1, 0.15) is 0 Å². The first-order valence-electron chi connectivity index (χ1n) is 7.10. The smallest absolute Gasteiger partial charge is 0.223 e. The van der Waals surface area contributed by atoms with Crippen LogP contribution >= 0.6 is 0 Å². The zero-order chi connectivity index (χ0) is 14.7. The second-order valence-corrected chi connectivity index (χ2v) is 5.59. The number of hydrogen-bond donors (Lipinski definition) is 1. The fourth-order valence-corrected chi connectivity index (χ4v) is 2.82. The van der Waals surface area contributed by atoms with Crippen LogP contribution in [0.15, 0.2) is 30.3 Å². The molecule has 1 fully saturated rings. The van der Waals surface area contributed by atoms with Crippen molar-refractivity contribution in [1.82, 2.24) is 10.2 Å². The molecule has 1 heterocycles. The van der Waals surface area contributed by atoms with Gasteiger partial charge < -0.3 is 10.2 Å². The molecule has 2 unspecified atom stereocenters. The summed E-state index contributed by atoms with van der Waals surface area (Å²) in [5.41, 5.74) is 1.15. The topological polar surface area (TPSA) is 49.4 Å². The van der Waals surface area contributed by atoms with Gasteiger partial charge in [-0.15, -0.1) is 0 Å². The predicted molar refractivity (Wildman–Crippen MR) is 78.0 cm³/mol. The predicted octanol–water partition coefficient (Wildman–Crippen LogP) is 2.12. The maximum absolute atomic E-state index is 12.2. The van der Waals surface area contributed by atoms with E-state index in [4.69, 9.17) is 0 Å². The van der Waals surface area contributed by atoms with E-state index in [1.807, 2.05) is 42.2 Å². The Hall–Kier alpha value is -1.84. The lowest BCUT2D eigenvalue weighted by Gasteiger charge is -2.26. The van der Waals surface area contributed by atoms with Gasteiger partial charge in [0.05, 0.1) is 6.04 Å². The van der Waals surface area contributed by atoms with Crippen LogP contribution in [0.4, 0.5) is 0 Å². The van der Waals surface area contributed by atoms with E-state index in [0.29, 0.717) is 13.0 Å². The molecule has 1 aromatic carbocycles. The Balaban J connectivity index is 2.04. The molecule has 20 heavy (non-hydrogen) atoms. The number of benzene rings is 1. The van der Waals surface area contributed by atoms with E-state index in [0.717, 1.165) is 5.56 Å². The summed E-state index contributed by atoms with van der Waals surface area (Å²) in [6.45, 7) is 6.24. The number of nitrogens with zero attached hydrogens (tertiary/aromatic N) is 1. The Morgan fingerprint density at radius 2 is 1.95 bits per heavy atom. The lowest BCUT2D eigenvalue weighted by atomic mass is 10.0. The number of rotatable bonds is 4. The van der Waals surface area contributed by atoms with Gasteiger partial charge in [0.2, 0.25) is 11.8 Å². The molecule has 3 atom stereocenters. The summed E-state index contributed by atoms with van der Waals surface area (Å²) >= 11 is 0. The number of amides is 2. The Morgan fingerprint density at radius 1 is 1.30 bits per heavy atom. The molecule has 1 saturated heterocycles. The molecule has 0 aliphatic carbocycles. The van der Waals surface area contributed by atoms with Crippen molar-refractivity contribution in [3.8, 4) is 0 Å². The normalized spacial score (nSPS) is 21.6. The van der Waals surface area contributed by atoms with Gasteiger partial charge in [0.25, 0.3) is 0 Å². The number of likely N-dealkylation sites (tertiary alicyclic amines) is 1. The Morgan fingerprint density at radius 3 is 2.55 bits per heavy atom. The molecule has 4 nitrogen and oxygen atoms in total. The van der Waals surface area contributed by atoms with E-state index >= 15 is 0 Å². The number of hydrogen-bond acceptors (Lipinski definition) is 2. The zero-order valence-electron chi connectivity index (χ0n) is 12.3. The second kappa shape index (κ2) is 6.07. The van der Waals surface area contributed by atoms with Gasteiger partial charge in [0.15, 0.2) is 0 Å². The van der Waals surface area contributed by atoms with Crippen LogP contribution in [-0.2, 0) is 9.59 Å². The minimum Gasteiger partial charge on any atom is -0.354 e. The molecule has 1 aromatic rings. The largest absolute Gasteiger partial charge is 0.354 e. The third kappa shape index (κ3) is 3.18. The monoisotopic (exact) mass is 274 g/mol. The van der Waals surface area contributed by atoms with Crippen LogP contribution in [0, 0.1) is 5.92 Å². The van der Waals surface area contributed by atoms with Crippen molar-refractivity contribution in [1.29, 1.82) is 0 Å². The second-order valence-electron chi connectivity index (χ2n) is 5.59. The SMILES string of the molecule is CC(=O)NC(C)C1CC(=O)N([C@@H](C)c2ccccc2)C1. The molecule has 1 aliphatic rings. The maximum atomic E-state index is 12.2. The maximum Gasteiger partial charge on any atom is 0.223 e. The molecule has 0 bridgehead atoms. The lowest BCUT2D eigenvalue weighted by molar-refractivity contribution is -0.129. The quantitative estimate of drug-likeness (QED) is 0.914. The summed E-state index contributed by atoms with van der Waals surface area (Å²) in [6.07, 6.45) is 0.513. The molecule has 0 spiro atoms. The van der Waals surface area contributed by atoms with Crippen LogP contribution in [0.25, 0.3) is 0 Å². The summed E-state index contributed by atoms with van der Waals surface area (Å²) < 4.78 is 0. The number of carbonyl (C=O) groups excluding carboxylic acids is 2. The van der Waals surface area contributed by atoms with Gasteiger partial charge in [-0.25, -0.2) is 0 Å². The molecule has 108 valence electrons. The van der Waals surface area contributed by atoms with Crippen LogP contribution in [-0.4, -0.2) is 29.3 Å². The van der Waals surface area contributed by atoms with Crippen molar-refractivity contribution in [2.75, 3.05) is 6.54 Å². The minimum absolute atomic E-state index is 0.0319. The van der Waals surface area contributed by atoms with E-state index in [1.54, 1.807) is 0 Å². The van der Waals surface area contributed by atoms with Crippen molar-refractivity contribution >= 4 is 11.8 Å². The molecule has 0 saturated carbocycles. The van der Waals surface area contributed by atoms with Crippen LogP contribution in [0.1, 0.15) is 38.8 Å². The first-order valence-corrected chi connectivity index (χ1v) is 7.10. The molecule has 4 heteroatoms. The summed E-state index contributed by atoms with van der Waals surface area (Å²) in [4.78, 5) is 25.2. The van der Waals surface area contributed by atoms with Gasteiger partial charge in [-0.1, -0.05) is 30.3 Å². The molecule has 2 amide bonds. The van der Waals surface area contributed by atoms with Crippen molar-refractivity contribution in [2.24, 2.45) is 5.92 Å². The van der Waals surface area contributed by atoms with Gasteiger partial charge in [-0.2, -0.15) is 0 Å². The first-order chi connectivity index (χ1) is 9.49. The van der Waals surface area contributed by atoms with E-state index in [1.165, 1.54) is 6.92 Å². The molecule has 2 rings (SSSR count). The number of carbonyl (C=O) groups is 2. The Kier molecular flexibility index (Phi) is 4.42. The van der Waals surface area contributed by atoms with Crippen LogP contribution in [0.5, 0.6) is 0 Å². The standard InChI is InChI=1S/C16H22N2O2/c1-11(17-13(3)19)15-9-16(20)18(10-15)12(2)14-7-5-4-6-8-14/h4-8,11-12,15H,9-10H2,1-3H3,(H,17,19)/t11?,12-,15?/m0/s1. The van der Waals surface area contributed by atoms with Gasteiger partial charge in [0, 0.05) is 31.8 Å². The lowest BCUT2D eigenvalue weighted by Crippen LogP contribution is -2.38. The molecular weight excluding hydrogens is 252 g/mol. The third-order valence-corrected chi connectivity index (χ3v) is 4.08. The summed E-state index contributed by atoms with van der Waals surface area (Å²) in [7, 11) is 0. The highest BCUT2D eigenvalue weighted by molar-refractivity contribution is 5.79. The van der Waals surface area contributed by atoms with Gasteiger partial charge in [-0.05, 0) is 19.4 Å². The fourth-order valence-electron chi connectivity index (χ4n) is 2.82. The summed E-state index contributed by atoms with van der Waals surface area (Å²) in [6, 6.07) is 10.2. The summed E-state index contributed by atoms with van der Waals surface area (Å²) in [5, 5.41) is 2.89. The molecule has 1 aliphatic heterocycles. The van der Waals surface area contributed by atoms with Crippen molar-refractivity contribution in [3.63, 3.8) is 0 Å². The van der Waals surface area contributed by atoms with Crippen molar-refractivity contribution in [2.45, 2.75) is 39.3 Å². The van der Waals surface area contributed by atoms with E-state index in [9.17, 15) is 9.59 Å². The average molecular weight is 274 g/mol. The van der Waals surface area contributed by atoms with E-state index in [2.05, 4.69) is 12.2 Å². The Bertz CT molecular complexity index is 487. The van der Waals surface area contributed by atoms with Crippen LogP contribution in [0.2, 0.25) is 0 Å². The average Bonchev–Trinajstić information content (AvgIpc) is 2.80. The third-order valence-electron chi connectivity index (χ3n) is 4.08.